The SMILES string of the molecule is CC(C)(C)c1c2n(c3ccccc13)-c1cc3c4c(n(-c5nc(-c6ccccc6)nc(-c6ccccc6)n5)c3cc1C2(C)C)CCC=C4. The van der Waals surface area contributed by atoms with Gasteiger partial charge in [-0.15, -0.1) is 0 Å². The Hall–Kier alpha value is -5.29. The van der Waals surface area contributed by atoms with Gasteiger partial charge in [0.25, 0.3) is 0 Å². The second kappa shape index (κ2) is 9.85. The lowest BCUT2D eigenvalue weighted by atomic mass is 9.75. The normalized spacial score (nSPS) is 14.8. The van der Waals surface area contributed by atoms with Crippen LogP contribution in [0.15, 0.2) is 103 Å². The number of benzene rings is 4. The monoisotopic (exact) mass is 611 g/mol. The van der Waals surface area contributed by atoms with E-state index in [1.54, 1.807) is 0 Å². The molecule has 0 fully saturated rings. The van der Waals surface area contributed by atoms with E-state index in [0.717, 1.165) is 29.5 Å². The molecule has 4 aromatic carbocycles. The van der Waals surface area contributed by atoms with Gasteiger partial charge in [0.2, 0.25) is 5.95 Å². The van der Waals surface area contributed by atoms with Gasteiger partial charge in [0.1, 0.15) is 0 Å². The van der Waals surface area contributed by atoms with Crippen LogP contribution in [0.25, 0.3) is 62.3 Å². The molecule has 3 aromatic heterocycles. The van der Waals surface area contributed by atoms with Crippen LogP contribution in [0, 0.1) is 0 Å². The predicted molar refractivity (Wildman–Crippen MR) is 193 cm³/mol. The van der Waals surface area contributed by atoms with Crippen LogP contribution in [0.2, 0.25) is 0 Å². The third-order valence-electron chi connectivity index (χ3n) is 10.1. The fourth-order valence-corrected chi connectivity index (χ4v) is 8.03. The Kier molecular flexibility index (Phi) is 5.87. The topological polar surface area (TPSA) is 48.5 Å². The first-order chi connectivity index (χ1) is 22.7. The Morgan fingerprint density at radius 1 is 0.681 bits per heavy atom. The molecule has 230 valence electrons. The summed E-state index contributed by atoms with van der Waals surface area (Å²) in [5, 5.41) is 2.58. The molecule has 0 saturated heterocycles. The summed E-state index contributed by atoms with van der Waals surface area (Å²) in [5.74, 6) is 2.01. The molecule has 5 heteroatoms. The lowest BCUT2D eigenvalue weighted by Gasteiger charge is -2.27. The predicted octanol–water partition coefficient (Wildman–Crippen LogP) is 9.99. The number of fused-ring (bicyclic) bond motifs is 8. The molecule has 5 nitrogen and oxygen atoms in total. The van der Waals surface area contributed by atoms with Gasteiger partial charge in [-0.3, -0.25) is 4.57 Å². The van der Waals surface area contributed by atoms with E-state index in [-0.39, 0.29) is 10.8 Å². The molecule has 47 heavy (non-hydrogen) atoms. The summed E-state index contributed by atoms with van der Waals surface area (Å²) in [5.41, 5.74) is 12.1. The quantitative estimate of drug-likeness (QED) is 0.200. The highest BCUT2D eigenvalue weighted by molar-refractivity contribution is 5.98. The molecule has 0 saturated carbocycles. The molecule has 9 rings (SSSR count). The van der Waals surface area contributed by atoms with Crippen molar-refractivity contribution >= 4 is 27.9 Å². The minimum absolute atomic E-state index is 0.0113. The second-order valence-corrected chi connectivity index (χ2v) is 14.5. The standard InChI is InChI=1S/C42H37N5/c1-41(2,3)36-29-21-13-15-23-33(29)46-35-24-30-28-20-12-14-22-32(28)47(34(30)25-31(35)42(4,5)37(36)46)40-44-38(26-16-8-6-9-17-26)43-39(45-40)27-18-10-7-11-19-27/h6-13,15-21,23-25H,14,22H2,1-5H3. The van der Waals surface area contributed by atoms with Gasteiger partial charge in [-0.1, -0.05) is 126 Å². The first-order valence-corrected chi connectivity index (χ1v) is 16.6. The van der Waals surface area contributed by atoms with Crippen molar-refractivity contribution in [1.82, 2.24) is 24.1 Å². The van der Waals surface area contributed by atoms with E-state index in [0.29, 0.717) is 17.6 Å². The van der Waals surface area contributed by atoms with Crippen LogP contribution in [-0.4, -0.2) is 24.1 Å². The van der Waals surface area contributed by atoms with E-state index in [4.69, 9.17) is 15.0 Å². The van der Waals surface area contributed by atoms with Crippen molar-refractivity contribution in [3.8, 4) is 34.4 Å². The minimum atomic E-state index is -0.208. The summed E-state index contributed by atoms with van der Waals surface area (Å²) in [4.78, 5) is 15.4. The van der Waals surface area contributed by atoms with E-state index in [1.165, 1.54) is 50.1 Å². The van der Waals surface area contributed by atoms with Gasteiger partial charge in [0.05, 0.1) is 16.7 Å². The molecule has 1 aliphatic carbocycles. The summed E-state index contributed by atoms with van der Waals surface area (Å²) < 4.78 is 4.87. The van der Waals surface area contributed by atoms with E-state index < -0.39 is 0 Å². The fourth-order valence-electron chi connectivity index (χ4n) is 8.03. The van der Waals surface area contributed by atoms with Gasteiger partial charge < -0.3 is 4.57 Å². The van der Waals surface area contributed by atoms with Gasteiger partial charge in [-0.2, -0.15) is 9.97 Å². The molecule has 0 bridgehead atoms. The average molecular weight is 612 g/mol. The van der Waals surface area contributed by atoms with Crippen LogP contribution in [0.4, 0.5) is 0 Å². The van der Waals surface area contributed by atoms with Crippen LogP contribution in [0.1, 0.15) is 69.1 Å². The summed E-state index contributed by atoms with van der Waals surface area (Å²) in [6.07, 6.45) is 6.51. The van der Waals surface area contributed by atoms with Gasteiger partial charge in [0, 0.05) is 44.3 Å². The maximum Gasteiger partial charge on any atom is 0.238 e. The molecule has 7 aromatic rings. The van der Waals surface area contributed by atoms with Gasteiger partial charge in [-0.25, -0.2) is 4.98 Å². The van der Waals surface area contributed by atoms with Crippen molar-refractivity contribution in [1.29, 1.82) is 0 Å². The van der Waals surface area contributed by atoms with Crippen LogP contribution >= 0.6 is 0 Å². The average Bonchev–Trinajstić information content (AvgIpc) is 3.69. The Labute approximate surface area is 275 Å². The minimum Gasteiger partial charge on any atom is -0.312 e. The van der Waals surface area contributed by atoms with Crippen LogP contribution in [0.3, 0.4) is 0 Å². The number of nitrogens with zero attached hydrogens (tertiary/aromatic N) is 5. The van der Waals surface area contributed by atoms with E-state index in [2.05, 4.69) is 117 Å². The first-order valence-electron chi connectivity index (χ1n) is 16.6. The van der Waals surface area contributed by atoms with Crippen molar-refractivity contribution in [2.45, 2.75) is 58.3 Å². The van der Waals surface area contributed by atoms with Crippen molar-refractivity contribution in [2.24, 2.45) is 0 Å². The largest absolute Gasteiger partial charge is 0.312 e. The molecule has 4 heterocycles. The summed E-state index contributed by atoms with van der Waals surface area (Å²) >= 11 is 0. The Morgan fingerprint density at radius 2 is 1.32 bits per heavy atom. The summed E-state index contributed by atoms with van der Waals surface area (Å²) in [6, 6.07) is 34.3. The zero-order valence-electron chi connectivity index (χ0n) is 27.5. The Balaban J connectivity index is 1.36. The van der Waals surface area contributed by atoms with Gasteiger partial charge in [-0.05, 0) is 47.6 Å². The molecule has 2 aliphatic rings. The Bertz CT molecular complexity index is 2340. The molecule has 0 spiro atoms. The van der Waals surface area contributed by atoms with Crippen molar-refractivity contribution in [3.63, 3.8) is 0 Å². The maximum atomic E-state index is 5.19. The number of aromatic nitrogens is 5. The van der Waals surface area contributed by atoms with Crippen LogP contribution in [-0.2, 0) is 17.3 Å². The molecule has 1 aliphatic heterocycles. The number of hydrogen-bond donors (Lipinski definition) is 0. The highest BCUT2D eigenvalue weighted by Gasteiger charge is 2.43. The summed E-state index contributed by atoms with van der Waals surface area (Å²) in [6.45, 7) is 11.8. The van der Waals surface area contributed by atoms with E-state index in [9.17, 15) is 0 Å². The molecule has 0 N–H and O–H groups in total. The number of hydrogen-bond acceptors (Lipinski definition) is 3. The van der Waals surface area contributed by atoms with Crippen LogP contribution in [0.5, 0.6) is 0 Å². The third kappa shape index (κ3) is 4.05. The summed E-state index contributed by atoms with van der Waals surface area (Å²) in [7, 11) is 0. The molecule has 0 unspecified atom stereocenters. The van der Waals surface area contributed by atoms with Gasteiger partial charge >= 0.3 is 0 Å². The highest BCUT2D eigenvalue weighted by Crippen LogP contribution is 2.52. The molecular weight excluding hydrogens is 574 g/mol. The first kappa shape index (κ1) is 28.0. The fraction of sp³-hybridized carbons (Fsp3) is 0.214. The highest BCUT2D eigenvalue weighted by atomic mass is 15.2. The molecule has 0 atom stereocenters. The van der Waals surface area contributed by atoms with E-state index >= 15 is 0 Å². The molecular formula is C42H37N5. The lowest BCUT2D eigenvalue weighted by Crippen LogP contribution is -2.23. The zero-order valence-corrected chi connectivity index (χ0v) is 27.5. The lowest BCUT2D eigenvalue weighted by molar-refractivity contribution is 0.554. The second-order valence-electron chi connectivity index (χ2n) is 14.5. The number of rotatable bonds is 3. The smallest absolute Gasteiger partial charge is 0.238 e. The molecule has 0 radical (unpaired) electrons. The van der Waals surface area contributed by atoms with Crippen LogP contribution < -0.4 is 0 Å². The van der Waals surface area contributed by atoms with E-state index in [1.807, 2.05) is 36.4 Å². The maximum absolute atomic E-state index is 5.19. The van der Waals surface area contributed by atoms with Crippen molar-refractivity contribution in [2.75, 3.05) is 0 Å². The Morgan fingerprint density at radius 3 is 1.98 bits per heavy atom. The third-order valence-corrected chi connectivity index (χ3v) is 10.1. The molecule has 0 amide bonds. The van der Waals surface area contributed by atoms with Gasteiger partial charge in [0.15, 0.2) is 11.6 Å². The van der Waals surface area contributed by atoms with Crippen molar-refractivity contribution < 1.29 is 0 Å². The number of allylic oxidation sites excluding steroid dienone is 1. The number of para-hydroxylation sites is 1. The zero-order chi connectivity index (χ0) is 32.1. The van der Waals surface area contributed by atoms with Crippen molar-refractivity contribution in [3.05, 3.63) is 131 Å².